The molecule has 1 aromatic carbocycles. The Balaban J connectivity index is 2.46. The topological polar surface area (TPSA) is 76.4 Å². The Morgan fingerprint density at radius 3 is 2.47 bits per heavy atom. The van der Waals surface area contributed by atoms with Crippen molar-refractivity contribution in [3.8, 4) is 0 Å². The zero-order valence-corrected chi connectivity index (χ0v) is 9.03. The second kappa shape index (κ2) is 5.90. The molecule has 0 heterocycles. The minimum Gasteiger partial charge on any atom is -0.385 e. The van der Waals surface area contributed by atoms with Crippen LogP contribution in [0.3, 0.4) is 0 Å². The van der Waals surface area contributed by atoms with E-state index in [0.29, 0.717) is 6.54 Å². The van der Waals surface area contributed by atoms with Crippen LogP contribution >= 0.6 is 0 Å². The van der Waals surface area contributed by atoms with Gasteiger partial charge in [0, 0.05) is 18.8 Å². The van der Waals surface area contributed by atoms with Gasteiger partial charge in [-0.1, -0.05) is 12.1 Å². The maximum Gasteiger partial charge on any atom is 0.185 e. The highest BCUT2D eigenvalue weighted by Gasteiger charge is 1.93. The number of hydrogen-bond donors (Lipinski definition) is 3. The molecule has 0 unspecified atom stereocenters. The molecule has 0 aliphatic heterocycles. The molecule has 0 aliphatic carbocycles. The van der Waals surface area contributed by atoms with Crippen LogP contribution in [0, 0.1) is 0 Å². The normalized spacial score (nSPS) is 9.67. The summed E-state index contributed by atoms with van der Waals surface area (Å²) in [4.78, 5) is 3.94. The summed E-state index contributed by atoms with van der Waals surface area (Å²) in [5.41, 5.74) is 12.9. The van der Waals surface area contributed by atoms with Crippen molar-refractivity contribution in [3.05, 3.63) is 29.8 Å². The molecule has 0 fully saturated rings. The summed E-state index contributed by atoms with van der Waals surface area (Å²) in [6, 6.07) is 8.29. The minimum atomic E-state index is 0.152. The van der Waals surface area contributed by atoms with Crippen LogP contribution in [-0.4, -0.2) is 19.0 Å². The van der Waals surface area contributed by atoms with E-state index in [2.05, 4.69) is 41.5 Å². The van der Waals surface area contributed by atoms with Crippen molar-refractivity contribution < 1.29 is 0 Å². The average Bonchev–Trinajstić information content (AvgIpc) is 2.20. The van der Waals surface area contributed by atoms with Crippen LogP contribution in [0.4, 0.5) is 5.69 Å². The van der Waals surface area contributed by atoms with Gasteiger partial charge in [-0.2, -0.15) is 0 Å². The van der Waals surface area contributed by atoms with Crippen molar-refractivity contribution in [1.29, 1.82) is 0 Å². The first-order chi connectivity index (χ1) is 7.22. The Kier molecular flexibility index (Phi) is 4.47. The van der Waals surface area contributed by atoms with E-state index in [0.717, 1.165) is 18.7 Å². The molecule has 0 aliphatic rings. The van der Waals surface area contributed by atoms with Crippen LogP contribution in [0.5, 0.6) is 0 Å². The molecule has 0 saturated carbocycles. The SMILES string of the molecule is CCNc1ccc(CCN=C(N)N)cc1. The number of anilines is 1. The molecule has 4 heteroatoms. The molecule has 5 N–H and O–H groups in total. The molecule has 0 atom stereocenters. The number of rotatable bonds is 5. The number of nitrogens with two attached hydrogens (primary N) is 2. The largest absolute Gasteiger partial charge is 0.385 e. The number of aliphatic imine (C=N–C) groups is 1. The Labute approximate surface area is 90.4 Å². The Morgan fingerprint density at radius 2 is 1.93 bits per heavy atom. The molecular weight excluding hydrogens is 188 g/mol. The summed E-state index contributed by atoms with van der Waals surface area (Å²) in [6.45, 7) is 3.66. The summed E-state index contributed by atoms with van der Waals surface area (Å²) in [7, 11) is 0. The number of guanidine groups is 1. The van der Waals surface area contributed by atoms with Crippen molar-refractivity contribution in [2.45, 2.75) is 13.3 Å². The van der Waals surface area contributed by atoms with Crippen LogP contribution in [0.25, 0.3) is 0 Å². The smallest absolute Gasteiger partial charge is 0.185 e. The fraction of sp³-hybridized carbons (Fsp3) is 0.364. The molecule has 1 aromatic rings. The molecule has 15 heavy (non-hydrogen) atoms. The van der Waals surface area contributed by atoms with Gasteiger partial charge in [-0.3, -0.25) is 4.99 Å². The third kappa shape index (κ3) is 4.35. The molecule has 1 rings (SSSR count). The van der Waals surface area contributed by atoms with Gasteiger partial charge >= 0.3 is 0 Å². The Morgan fingerprint density at radius 1 is 1.27 bits per heavy atom. The van der Waals surface area contributed by atoms with Gasteiger partial charge in [0.15, 0.2) is 5.96 Å². The first-order valence-electron chi connectivity index (χ1n) is 5.10. The molecule has 82 valence electrons. The number of nitrogens with zero attached hydrogens (tertiary/aromatic N) is 1. The van der Waals surface area contributed by atoms with E-state index in [-0.39, 0.29) is 5.96 Å². The fourth-order valence-corrected chi connectivity index (χ4v) is 1.31. The second-order valence-electron chi connectivity index (χ2n) is 3.28. The van der Waals surface area contributed by atoms with E-state index in [4.69, 9.17) is 11.5 Å². The maximum absolute atomic E-state index is 5.24. The predicted octanol–water partition coefficient (Wildman–Crippen LogP) is 0.934. The number of hydrogen-bond acceptors (Lipinski definition) is 2. The summed E-state index contributed by atoms with van der Waals surface area (Å²) in [5, 5.41) is 3.24. The quantitative estimate of drug-likeness (QED) is 0.495. The van der Waals surface area contributed by atoms with Gasteiger partial charge in [-0.05, 0) is 31.0 Å². The maximum atomic E-state index is 5.24. The van der Waals surface area contributed by atoms with Crippen LogP contribution in [0.2, 0.25) is 0 Å². The third-order valence-electron chi connectivity index (χ3n) is 2.03. The van der Waals surface area contributed by atoms with Crippen molar-refractivity contribution >= 4 is 11.6 Å². The number of benzene rings is 1. The van der Waals surface area contributed by atoms with Crippen molar-refractivity contribution in [3.63, 3.8) is 0 Å². The summed E-state index contributed by atoms with van der Waals surface area (Å²) < 4.78 is 0. The molecule has 4 nitrogen and oxygen atoms in total. The molecule has 0 radical (unpaired) electrons. The van der Waals surface area contributed by atoms with Crippen molar-refractivity contribution in [2.75, 3.05) is 18.4 Å². The molecule has 0 amide bonds. The molecule has 0 saturated heterocycles. The summed E-state index contributed by atoms with van der Waals surface area (Å²) >= 11 is 0. The van der Waals surface area contributed by atoms with Gasteiger partial charge in [0.25, 0.3) is 0 Å². The highest BCUT2D eigenvalue weighted by atomic mass is 15.0. The first-order valence-corrected chi connectivity index (χ1v) is 5.10. The third-order valence-corrected chi connectivity index (χ3v) is 2.03. The zero-order valence-electron chi connectivity index (χ0n) is 9.03. The lowest BCUT2D eigenvalue weighted by atomic mass is 10.1. The van der Waals surface area contributed by atoms with Gasteiger partial charge in [-0.15, -0.1) is 0 Å². The van der Waals surface area contributed by atoms with E-state index >= 15 is 0 Å². The van der Waals surface area contributed by atoms with Gasteiger partial charge in [0.05, 0.1) is 0 Å². The van der Waals surface area contributed by atoms with E-state index in [1.54, 1.807) is 0 Å². The lowest BCUT2D eigenvalue weighted by Crippen LogP contribution is -2.23. The van der Waals surface area contributed by atoms with Crippen LogP contribution in [0.1, 0.15) is 12.5 Å². The van der Waals surface area contributed by atoms with E-state index in [9.17, 15) is 0 Å². The predicted molar refractivity (Wildman–Crippen MR) is 65.0 cm³/mol. The minimum absolute atomic E-state index is 0.152. The van der Waals surface area contributed by atoms with Gasteiger partial charge < -0.3 is 16.8 Å². The van der Waals surface area contributed by atoms with Crippen molar-refractivity contribution in [1.82, 2.24) is 0 Å². The molecular formula is C11H18N4. The average molecular weight is 206 g/mol. The van der Waals surface area contributed by atoms with Gasteiger partial charge in [-0.25, -0.2) is 0 Å². The van der Waals surface area contributed by atoms with Crippen LogP contribution < -0.4 is 16.8 Å². The van der Waals surface area contributed by atoms with E-state index < -0.39 is 0 Å². The fourth-order valence-electron chi connectivity index (χ4n) is 1.31. The second-order valence-corrected chi connectivity index (χ2v) is 3.28. The van der Waals surface area contributed by atoms with E-state index in [1.165, 1.54) is 5.56 Å². The highest BCUT2D eigenvalue weighted by Crippen LogP contribution is 2.09. The first kappa shape index (κ1) is 11.4. The van der Waals surface area contributed by atoms with Crippen molar-refractivity contribution in [2.24, 2.45) is 16.5 Å². The number of nitrogens with one attached hydrogen (secondary N) is 1. The molecule has 0 bridgehead atoms. The van der Waals surface area contributed by atoms with Gasteiger partial charge in [0.2, 0.25) is 0 Å². The Hall–Kier alpha value is -1.71. The monoisotopic (exact) mass is 206 g/mol. The molecule has 0 spiro atoms. The summed E-state index contributed by atoms with van der Waals surface area (Å²) in [5.74, 6) is 0.152. The van der Waals surface area contributed by atoms with Crippen LogP contribution in [-0.2, 0) is 6.42 Å². The highest BCUT2D eigenvalue weighted by molar-refractivity contribution is 5.75. The summed E-state index contributed by atoms with van der Waals surface area (Å²) in [6.07, 6.45) is 0.865. The lowest BCUT2D eigenvalue weighted by Gasteiger charge is -2.04. The Bertz CT molecular complexity index is 312. The molecule has 0 aromatic heterocycles. The van der Waals surface area contributed by atoms with Gasteiger partial charge in [0.1, 0.15) is 0 Å². The standard InChI is InChI=1S/C11H18N4/c1-2-14-10-5-3-9(4-6-10)7-8-15-11(12)13/h3-6,14H,2,7-8H2,1H3,(H4,12,13,15). The zero-order chi connectivity index (χ0) is 11.1. The lowest BCUT2D eigenvalue weighted by molar-refractivity contribution is 0.962. The van der Waals surface area contributed by atoms with Crippen LogP contribution in [0.15, 0.2) is 29.3 Å². The van der Waals surface area contributed by atoms with E-state index in [1.807, 2.05) is 0 Å².